The van der Waals surface area contributed by atoms with Crippen molar-refractivity contribution in [2.45, 2.75) is 26.4 Å². The van der Waals surface area contributed by atoms with Gasteiger partial charge >= 0.3 is 6.18 Å². The maximum Gasteiger partial charge on any atom is 0.416 e. The van der Waals surface area contributed by atoms with Gasteiger partial charge in [0.2, 0.25) is 0 Å². The molecule has 6 heteroatoms. The van der Waals surface area contributed by atoms with Crippen LogP contribution in [-0.2, 0) is 12.6 Å². The molecule has 27 heavy (non-hydrogen) atoms. The Kier molecular flexibility index (Phi) is 7.45. The number of hydrogen-bond acceptors (Lipinski definition) is 2. The smallest absolute Gasteiger partial charge is 0.416 e. The molecule has 1 nitrogen and oxygen atoms in total. The van der Waals surface area contributed by atoms with Crippen LogP contribution < -0.4 is 4.74 Å². The van der Waals surface area contributed by atoms with E-state index in [1.54, 1.807) is 7.11 Å². The second-order valence-corrected chi connectivity index (χ2v) is 8.30. The second-order valence-electron chi connectivity index (χ2n) is 6.17. The van der Waals surface area contributed by atoms with E-state index in [0.29, 0.717) is 10.5 Å². The molecular weight excluding hydrogens is 484 g/mol. The second kappa shape index (κ2) is 9.19. The van der Waals surface area contributed by atoms with Crippen LogP contribution in [0.25, 0.3) is 4.91 Å². The van der Waals surface area contributed by atoms with Gasteiger partial charge in [-0.3, -0.25) is 0 Å². The standard InChI is InChI=1S/C21H20F3IOS/c1-13(9-17-10-14(2)19(25)11-20(17)26-4)12-27-15(3)16-5-7-18(8-6-16)21(22,23)24/h5-8,10-12H,3,9H2,1-2,4H3/b13-12+. The fourth-order valence-corrected chi connectivity index (χ4v) is 3.62. The quantitative estimate of drug-likeness (QED) is 0.378. The first-order valence-electron chi connectivity index (χ1n) is 8.13. The van der Waals surface area contributed by atoms with Gasteiger partial charge in [0.25, 0.3) is 0 Å². The Morgan fingerprint density at radius 1 is 1.22 bits per heavy atom. The highest BCUT2D eigenvalue weighted by molar-refractivity contribution is 14.1. The van der Waals surface area contributed by atoms with Crippen LogP contribution in [0.4, 0.5) is 13.2 Å². The molecule has 0 saturated carbocycles. The predicted molar refractivity (Wildman–Crippen MR) is 116 cm³/mol. The van der Waals surface area contributed by atoms with Gasteiger partial charge in [-0.15, -0.1) is 0 Å². The summed E-state index contributed by atoms with van der Waals surface area (Å²) in [6, 6.07) is 9.20. The molecule has 0 N–H and O–H groups in total. The number of ether oxygens (including phenoxy) is 1. The summed E-state index contributed by atoms with van der Waals surface area (Å²) in [5, 5.41) is 1.98. The van der Waals surface area contributed by atoms with Crippen molar-refractivity contribution in [1.29, 1.82) is 0 Å². The summed E-state index contributed by atoms with van der Waals surface area (Å²) in [7, 11) is 1.66. The van der Waals surface area contributed by atoms with Gasteiger partial charge < -0.3 is 4.74 Å². The average Bonchev–Trinajstić information content (AvgIpc) is 2.62. The minimum absolute atomic E-state index is 0.656. The maximum atomic E-state index is 12.6. The van der Waals surface area contributed by atoms with Crippen LogP contribution in [0.2, 0.25) is 0 Å². The molecule has 0 bridgehead atoms. The Bertz CT molecular complexity index is 855. The number of thioether (sulfide) groups is 1. The van der Waals surface area contributed by atoms with Gasteiger partial charge in [-0.05, 0) is 83.2 Å². The fourth-order valence-electron chi connectivity index (χ4n) is 2.48. The van der Waals surface area contributed by atoms with Crippen LogP contribution in [0, 0.1) is 10.5 Å². The number of aryl methyl sites for hydroxylation is 1. The first kappa shape index (κ1) is 21.9. The molecule has 0 aliphatic rings. The Hall–Kier alpha value is -1.41. The van der Waals surface area contributed by atoms with Crippen LogP contribution in [-0.4, -0.2) is 7.11 Å². The Labute approximate surface area is 175 Å². The summed E-state index contributed by atoms with van der Waals surface area (Å²) in [4.78, 5) is 0.703. The molecule has 0 fully saturated rings. The number of halogens is 4. The van der Waals surface area contributed by atoms with E-state index in [9.17, 15) is 13.2 Å². The number of rotatable bonds is 6. The molecule has 0 atom stereocenters. The molecule has 0 aromatic heterocycles. The topological polar surface area (TPSA) is 9.23 Å². The third-order valence-electron chi connectivity index (χ3n) is 3.97. The van der Waals surface area contributed by atoms with Crippen LogP contribution in [0.3, 0.4) is 0 Å². The van der Waals surface area contributed by atoms with Crippen molar-refractivity contribution >= 4 is 39.3 Å². The molecular formula is C21H20F3IOS. The molecule has 0 aliphatic carbocycles. The lowest BCUT2D eigenvalue weighted by Crippen LogP contribution is -2.04. The van der Waals surface area contributed by atoms with Gasteiger partial charge in [-0.2, -0.15) is 13.2 Å². The number of benzene rings is 2. The number of methoxy groups -OCH3 is 1. The molecule has 0 saturated heterocycles. The molecule has 0 amide bonds. The van der Waals surface area contributed by atoms with Crippen molar-refractivity contribution < 1.29 is 17.9 Å². The summed E-state index contributed by atoms with van der Waals surface area (Å²) in [6.45, 7) is 8.04. The van der Waals surface area contributed by atoms with E-state index in [1.165, 1.54) is 29.5 Å². The normalized spacial score (nSPS) is 12.2. The van der Waals surface area contributed by atoms with E-state index in [4.69, 9.17) is 4.74 Å². The Morgan fingerprint density at radius 2 is 1.85 bits per heavy atom. The van der Waals surface area contributed by atoms with Gasteiger partial charge in [0.15, 0.2) is 0 Å². The van der Waals surface area contributed by atoms with Crippen LogP contribution in [0.5, 0.6) is 5.75 Å². The van der Waals surface area contributed by atoms with Crippen molar-refractivity contribution in [1.82, 2.24) is 0 Å². The first-order chi connectivity index (χ1) is 12.6. The monoisotopic (exact) mass is 504 g/mol. The Balaban J connectivity index is 2.07. The molecule has 0 heterocycles. The van der Waals surface area contributed by atoms with Gasteiger partial charge in [0.05, 0.1) is 12.7 Å². The van der Waals surface area contributed by atoms with Crippen LogP contribution in [0.15, 0.2) is 54.0 Å². The lowest BCUT2D eigenvalue weighted by Gasteiger charge is -2.12. The van der Waals surface area contributed by atoms with E-state index >= 15 is 0 Å². The molecule has 2 aromatic rings. The fraction of sp³-hybridized carbons (Fsp3) is 0.238. The molecule has 144 valence electrons. The summed E-state index contributed by atoms with van der Waals surface area (Å²) >= 11 is 3.69. The number of allylic oxidation sites excluding steroid dienone is 1. The molecule has 0 radical (unpaired) electrons. The summed E-state index contributed by atoms with van der Waals surface area (Å²) < 4.78 is 44.6. The van der Waals surface area contributed by atoms with Crippen molar-refractivity contribution in [3.63, 3.8) is 0 Å². The van der Waals surface area contributed by atoms with E-state index in [1.807, 2.05) is 18.4 Å². The summed E-state index contributed by atoms with van der Waals surface area (Å²) in [6.07, 6.45) is -3.59. The number of hydrogen-bond donors (Lipinski definition) is 0. The highest BCUT2D eigenvalue weighted by Gasteiger charge is 2.29. The van der Waals surface area contributed by atoms with E-state index < -0.39 is 11.7 Å². The summed E-state index contributed by atoms with van der Waals surface area (Å²) in [5.74, 6) is 0.851. The van der Waals surface area contributed by atoms with Crippen molar-refractivity contribution in [3.8, 4) is 5.75 Å². The van der Waals surface area contributed by atoms with Crippen molar-refractivity contribution in [2.75, 3.05) is 7.11 Å². The first-order valence-corrected chi connectivity index (χ1v) is 10.1. The van der Waals surface area contributed by atoms with Gasteiger partial charge in [0, 0.05) is 8.48 Å². The zero-order valence-electron chi connectivity index (χ0n) is 15.3. The van der Waals surface area contributed by atoms with Crippen LogP contribution in [0.1, 0.15) is 29.2 Å². The summed E-state index contributed by atoms with van der Waals surface area (Å²) in [5.41, 5.74) is 3.44. The lowest BCUT2D eigenvalue weighted by atomic mass is 10.0. The zero-order valence-corrected chi connectivity index (χ0v) is 18.3. The van der Waals surface area contributed by atoms with Crippen molar-refractivity contribution in [3.05, 3.63) is 79.8 Å². The average molecular weight is 504 g/mol. The van der Waals surface area contributed by atoms with Gasteiger partial charge in [-0.1, -0.05) is 42.1 Å². The molecule has 0 unspecified atom stereocenters. The largest absolute Gasteiger partial charge is 0.496 e. The highest BCUT2D eigenvalue weighted by atomic mass is 127. The van der Waals surface area contributed by atoms with Crippen LogP contribution >= 0.6 is 34.4 Å². The zero-order chi connectivity index (χ0) is 20.2. The van der Waals surface area contributed by atoms with E-state index in [2.05, 4.69) is 42.2 Å². The molecule has 0 spiro atoms. The minimum Gasteiger partial charge on any atom is -0.496 e. The third-order valence-corrected chi connectivity index (χ3v) is 6.17. The molecule has 0 aliphatic heterocycles. The third kappa shape index (κ3) is 6.04. The van der Waals surface area contributed by atoms with E-state index in [0.717, 1.165) is 39.0 Å². The number of alkyl halides is 3. The molecule has 2 rings (SSSR count). The van der Waals surface area contributed by atoms with Gasteiger partial charge in [0.1, 0.15) is 5.75 Å². The highest BCUT2D eigenvalue weighted by Crippen LogP contribution is 2.33. The predicted octanol–water partition coefficient (Wildman–Crippen LogP) is 7.48. The molecule has 2 aromatic carbocycles. The van der Waals surface area contributed by atoms with Gasteiger partial charge in [-0.25, -0.2) is 0 Å². The Morgan fingerprint density at radius 3 is 2.41 bits per heavy atom. The lowest BCUT2D eigenvalue weighted by molar-refractivity contribution is -0.137. The maximum absolute atomic E-state index is 12.6. The minimum atomic E-state index is -4.33. The SMILES string of the molecule is C=C(S/C=C(\C)Cc1cc(C)c(I)cc1OC)c1ccc(C(F)(F)F)cc1. The van der Waals surface area contributed by atoms with Crippen molar-refractivity contribution in [2.24, 2.45) is 0 Å². The van der Waals surface area contributed by atoms with E-state index in [-0.39, 0.29) is 0 Å².